The molecule has 2 amide bonds. The fourth-order valence-electron chi connectivity index (χ4n) is 1.48. The molecule has 4 N–H and O–H groups in total. The molecule has 2 rings (SSSR count). The van der Waals surface area contributed by atoms with E-state index in [1.165, 1.54) is 24.4 Å². The van der Waals surface area contributed by atoms with Gasteiger partial charge in [0.05, 0.1) is 6.21 Å². The normalized spacial score (nSPS) is 10.4. The molecule has 0 saturated carbocycles. The van der Waals surface area contributed by atoms with Gasteiger partial charge in [-0.05, 0) is 24.3 Å². The van der Waals surface area contributed by atoms with Crippen LogP contribution in [0.25, 0.3) is 0 Å². The predicted octanol–water partition coefficient (Wildman–Crippen LogP) is 2.25. The topological polar surface area (TPSA) is 94.0 Å². The number of benzene rings is 2. The Hall–Kier alpha value is -3.02. The number of hydrogen-bond acceptors (Lipinski definition) is 4. The third-order valence-electron chi connectivity index (χ3n) is 2.42. The highest BCUT2D eigenvalue weighted by molar-refractivity contribution is 5.90. The second kappa shape index (κ2) is 6.24. The molecule has 6 heteroatoms. The standard InChI is InChI=1S/C14H13N3O3/c18-12-7-6-10(13(19)8-12)9-15-17-14(20)16-11-4-2-1-3-5-11/h1-9,18-19H,(H2,16,17,20). The first-order valence-corrected chi connectivity index (χ1v) is 5.82. The van der Waals surface area contributed by atoms with Gasteiger partial charge in [0.1, 0.15) is 11.5 Å². The zero-order chi connectivity index (χ0) is 14.4. The van der Waals surface area contributed by atoms with E-state index < -0.39 is 6.03 Å². The molecule has 102 valence electrons. The van der Waals surface area contributed by atoms with Crippen molar-refractivity contribution in [2.75, 3.05) is 5.32 Å². The largest absolute Gasteiger partial charge is 0.508 e. The molecule has 6 nitrogen and oxygen atoms in total. The van der Waals surface area contributed by atoms with Crippen LogP contribution in [0.4, 0.5) is 10.5 Å². The van der Waals surface area contributed by atoms with Gasteiger partial charge in [-0.3, -0.25) is 0 Å². The van der Waals surface area contributed by atoms with Crippen molar-refractivity contribution >= 4 is 17.9 Å². The number of anilines is 1. The highest BCUT2D eigenvalue weighted by Crippen LogP contribution is 2.20. The number of amides is 2. The number of nitrogens with one attached hydrogen (secondary N) is 2. The summed E-state index contributed by atoms with van der Waals surface area (Å²) in [4.78, 5) is 11.5. The lowest BCUT2D eigenvalue weighted by molar-refractivity contribution is 0.252. The molecule has 0 aliphatic heterocycles. The Morgan fingerprint density at radius 1 is 1.10 bits per heavy atom. The molecule has 0 heterocycles. The molecule has 0 aliphatic carbocycles. The number of hydrogen-bond donors (Lipinski definition) is 4. The van der Waals surface area contributed by atoms with Gasteiger partial charge < -0.3 is 15.5 Å². The van der Waals surface area contributed by atoms with Gasteiger partial charge in [0.25, 0.3) is 0 Å². The Balaban J connectivity index is 1.91. The average molecular weight is 271 g/mol. The summed E-state index contributed by atoms with van der Waals surface area (Å²) in [5.41, 5.74) is 3.29. The van der Waals surface area contributed by atoms with Gasteiger partial charge in [-0.2, -0.15) is 5.10 Å². The molecule has 20 heavy (non-hydrogen) atoms. The molecule has 0 spiro atoms. The number of rotatable bonds is 3. The highest BCUT2D eigenvalue weighted by Gasteiger charge is 2.01. The lowest BCUT2D eigenvalue weighted by Crippen LogP contribution is -2.24. The van der Waals surface area contributed by atoms with Gasteiger partial charge >= 0.3 is 6.03 Å². The van der Waals surface area contributed by atoms with Crippen molar-refractivity contribution in [3.05, 3.63) is 54.1 Å². The summed E-state index contributed by atoms with van der Waals surface area (Å²) in [6.07, 6.45) is 1.28. The van der Waals surface area contributed by atoms with Crippen molar-refractivity contribution < 1.29 is 15.0 Å². The van der Waals surface area contributed by atoms with Crippen molar-refractivity contribution in [2.24, 2.45) is 5.10 Å². The third kappa shape index (κ3) is 3.74. The first-order valence-electron chi connectivity index (χ1n) is 5.82. The number of hydrazone groups is 1. The number of carbonyl (C=O) groups excluding carboxylic acids is 1. The van der Waals surface area contributed by atoms with Gasteiger partial charge in [0.2, 0.25) is 0 Å². The van der Waals surface area contributed by atoms with Crippen LogP contribution in [-0.2, 0) is 0 Å². The van der Waals surface area contributed by atoms with Crippen LogP contribution in [0.5, 0.6) is 11.5 Å². The first kappa shape index (κ1) is 13.4. The second-order valence-corrected chi connectivity index (χ2v) is 3.93. The Morgan fingerprint density at radius 3 is 2.55 bits per heavy atom. The highest BCUT2D eigenvalue weighted by atomic mass is 16.3. The molecule has 0 atom stereocenters. The Bertz CT molecular complexity index is 627. The van der Waals surface area contributed by atoms with Crippen LogP contribution in [0.15, 0.2) is 53.6 Å². The molecule has 0 aromatic heterocycles. The molecule has 2 aromatic rings. The Labute approximate surface area is 115 Å². The van der Waals surface area contributed by atoms with Crippen LogP contribution in [0.1, 0.15) is 5.56 Å². The van der Waals surface area contributed by atoms with E-state index in [-0.39, 0.29) is 11.5 Å². The molecular weight excluding hydrogens is 258 g/mol. The average Bonchev–Trinajstić information content (AvgIpc) is 2.42. The maximum Gasteiger partial charge on any atom is 0.339 e. The lowest BCUT2D eigenvalue weighted by Gasteiger charge is -2.03. The molecule has 0 fully saturated rings. The zero-order valence-corrected chi connectivity index (χ0v) is 10.4. The van der Waals surface area contributed by atoms with Crippen molar-refractivity contribution in [1.29, 1.82) is 0 Å². The first-order chi connectivity index (χ1) is 9.65. The number of phenols is 2. The van der Waals surface area contributed by atoms with Gasteiger partial charge in [0, 0.05) is 17.3 Å². The Kier molecular flexibility index (Phi) is 4.18. The molecule has 0 bridgehead atoms. The molecule has 0 unspecified atom stereocenters. The maximum atomic E-state index is 11.5. The summed E-state index contributed by atoms with van der Waals surface area (Å²) in [5.74, 6) is -0.173. The monoisotopic (exact) mass is 271 g/mol. The predicted molar refractivity (Wildman–Crippen MR) is 76.0 cm³/mol. The van der Waals surface area contributed by atoms with Crippen LogP contribution in [0.3, 0.4) is 0 Å². The fraction of sp³-hybridized carbons (Fsp3) is 0. The van der Waals surface area contributed by atoms with Gasteiger partial charge in [0.15, 0.2) is 0 Å². The third-order valence-corrected chi connectivity index (χ3v) is 2.42. The van der Waals surface area contributed by atoms with E-state index in [2.05, 4.69) is 15.8 Å². The van der Waals surface area contributed by atoms with Gasteiger partial charge in [-0.25, -0.2) is 10.2 Å². The van der Waals surface area contributed by atoms with Gasteiger partial charge in [-0.1, -0.05) is 18.2 Å². The number of urea groups is 1. The number of para-hydroxylation sites is 1. The van der Waals surface area contributed by atoms with E-state index in [0.29, 0.717) is 11.3 Å². The summed E-state index contributed by atoms with van der Waals surface area (Å²) in [6.45, 7) is 0. The quantitative estimate of drug-likeness (QED) is 0.509. The van der Waals surface area contributed by atoms with Crippen molar-refractivity contribution in [2.45, 2.75) is 0 Å². The summed E-state index contributed by atoms with van der Waals surface area (Å²) in [7, 11) is 0. The summed E-state index contributed by atoms with van der Waals surface area (Å²) in [5, 5.41) is 24.9. The number of phenolic OH excluding ortho intramolecular Hbond substituents is 2. The Morgan fingerprint density at radius 2 is 1.85 bits per heavy atom. The number of aromatic hydroxyl groups is 2. The number of carbonyl (C=O) groups is 1. The van der Waals surface area contributed by atoms with E-state index in [9.17, 15) is 9.90 Å². The second-order valence-electron chi connectivity index (χ2n) is 3.93. The molecule has 0 saturated heterocycles. The minimum absolute atomic E-state index is 0.0468. The fourth-order valence-corrected chi connectivity index (χ4v) is 1.48. The smallest absolute Gasteiger partial charge is 0.339 e. The van der Waals surface area contributed by atoms with E-state index in [1.807, 2.05) is 6.07 Å². The summed E-state index contributed by atoms with van der Waals surface area (Å²) >= 11 is 0. The molecule has 2 aromatic carbocycles. The van der Waals surface area contributed by atoms with E-state index in [0.717, 1.165) is 0 Å². The van der Waals surface area contributed by atoms with Crippen LogP contribution < -0.4 is 10.7 Å². The zero-order valence-electron chi connectivity index (χ0n) is 10.4. The minimum atomic E-state index is -0.495. The SMILES string of the molecule is O=C(NN=Cc1ccc(O)cc1O)Nc1ccccc1. The summed E-state index contributed by atoms with van der Waals surface area (Å²) in [6, 6.07) is 12.5. The molecule has 0 radical (unpaired) electrons. The van der Waals surface area contributed by atoms with E-state index in [1.54, 1.807) is 24.3 Å². The summed E-state index contributed by atoms with van der Waals surface area (Å²) < 4.78 is 0. The van der Waals surface area contributed by atoms with E-state index in [4.69, 9.17) is 5.11 Å². The van der Waals surface area contributed by atoms with Crippen LogP contribution in [0, 0.1) is 0 Å². The van der Waals surface area contributed by atoms with Gasteiger partial charge in [-0.15, -0.1) is 0 Å². The molecular formula is C14H13N3O3. The minimum Gasteiger partial charge on any atom is -0.508 e. The maximum absolute atomic E-state index is 11.5. The van der Waals surface area contributed by atoms with Crippen LogP contribution >= 0.6 is 0 Å². The molecule has 0 aliphatic rings. The number of nitrogens with zero attached hydrogens (tertiary/aromatic N) is 1. The van der Waals surface area contributed by atoms with Crippen LogP contribution in [0.2, 0.25) is 0 Å². The van der Waals surface area contributed by atoms with Crippen molar-refractivity contribution in [1.82, 2.24) is 5.43 Å². The van der Waals surface area contributed by atoms with E-state index >= 15 is 0 Å². The lowest BCUT2D eigenvalue weighted by atomic mass is 10.2. The van der Waals surface area contributed by atoms with Crippen LogP contribution in [-0.4, -0.2) is 22.5 Å². The van der Waals surface area contributed by atoms with Crippen molar-refractivity contribution in [3.63, 3.8) is 0 Å². The van der Waals surface area contributed by atoms with Crippen molar-refractivity contribution in [3.8, 4) is 11.5 Å².